The number of aryl methyl sites for hydroxylation is 1. The molecule has 0 saturated heterocycles. The van der Waals surface area contributed by atoms with Crippen molar-refractivity contribution in [3.05, 3.63) is 71.4 Å². The van der Waals surface area contributed by atoms with Crippen molar-refractivity contribution in [2.24, 2.45) is 0 Å². The summed E-state index contributed by atoms with van der Waals surface area (Å²) in [7, 11) is 0. The third-order valence-electron chi connectivity index (χ3n) is 3.80. The summed E-state index contributed by atoms with van der Waals surface area (Å²) in [5.74, 6) is 0.713. The number of carbonyl (C=O) groups excluding carboxylic acids is 1. The minimum absolute atomic E-state index is 0.0326. The predicted octanol–water partition coefficient (Wildman–Crippen LogP) is 4.35. The zero-order chi connectivity index (χ0) is 19.2. The van der Waals surface area contributed by atoms with Crippen LogP contribution in [0.2, 0.25) is 0 Å². The Balaban J connectivity index is 1.70. The number of benzene rings is 2. The lowest BCUT2D eigenvalue weighted by molar-refractivity contribution is 0.101. The molecule has 0 aliphatic rings. The average Bonchev–Trinajstić information content (AvgIpc) is 3.02. The number of aromatic nitrogens is 1. The van der Waals surface area contributed by atoms with Crippen LogP contribution in [0.25, 0.3) is 0 Å². The van der Waals surface area contributed by atoms with Gasteiger partial charge in [0.2, 0.25) is 0 Å². The molecule has 1 heterocycles. The fraction of sp³-hybridized carbons (Fsp3) is 0.200. The van der Waals surface area contributed by atoms with Gasteiger partial charge in [0.25, 0.3) is 5.91 Å². The van der Waals surface area contributed by atoms with Gasteiger partial charge < -0.3 is 19.3 Å². The van der Waals surface area contributed by atoms with Crippen molar-refractivity contribution in [3.8, 4) is 11.5 Å². The lowest BCUT2D eigenvalue weighted by Gasteiger charge is -2.08. The molecule has 6 nitrogen and oxygen atoms in total. The zero-order valence-electron chi connectivity index (χ0n) is 15.0. The largest absolute Gasteiger partial charge is 0.494 e. The normalized spacial score (nSPS) is 10.5. The van der Waals surface area contributed by atoms with E-state index in [9.17, 15) is 9.18 Å². The van der Waals surface area contributed by atoms with E-state index in [1.54, 1.807) is 43.3 Å². The van der Waals surface area contributed by atoms with Crippen LogP contribution in [0.5, 0.6) is 11.5 Å². The van der Waals surface area contributed by atoms with E-state index in [1.807, 2.05) is 6.92 Å². The first-order valence-corrected chi connectivity index (χ1v) is 8.44. The molecule has 0 saturated carbocycles. The third-order valence-corrected chi connectivity index (χ3v) is 3.80. The van der Waals surface area contributed by atoms with E-state index in [0.717, 1.165) is 5.75 Å². The number of halogens is 1. The molecule has 0 aliphatic heterocycles. The van der Waals surface area contributed by atoms with E-state index in [4.69, 9.17) is 14.0 Å². The van der Waals surface area contributed by atoms with Gasteiger partial charge in [-0.2, -0.15) is 0 Å². The summed E-state index contributed by atoms with van der Waals surface area (Å²) in [6, 6.07) is 12.8. The summed E-state index contributed by atoms with van der Waals surface area (Å²) >= 11 is 0. The van der Waals surface area contributed by atoms with Gasteiger partial charge in [0.05, 0.1) is 12.2 Å². The lowest BCUT2D eigenvalue weighted by Crippen LogP contribution is -2.15. The summed E-state index contributed by atoms with van der Waals surface area (Å²) < 4.78 is 29.3. The highest BCUT2D eigenvalue weighted by Crippen LogP contribution is 2.21. The van der Waals surface area contributed by atoms with Gasteiger partial charge in [-0.3, -0.25) is 4.79 Å². The van der Waals surface area contributed by atoms with Crippen LogP contribution in [0.4, 0.5) is 10.1 Å². The fourth-order valence-electron chi connectivity index (χ4n) is 2.44. The van der Waals surface area contributed by atoms with Gasteiger partial charge in [0.15, 0.2) is 5.69 Å². The number of nitrogens with zero attached hydrogens (tertiary/aromatic N) is 1. The molecule has 140 valence electrons. The first-order chi connectivity index (χ1) is 13.1. The molecule has 0 fully saturated rings. The second-order valence-electron chi connectivity index (χ2n) is 5.72. The Morgan fingerprint density at radius 3 is 2.63 bits per heavy atom. The number of hydrogen-bond donors (Lipinski definition) is 1. The van der Waals surface area contributed by atoms with E-state index in [0.29, 0.717) is 29.4 Å². The predicted molar refractivity (Wildman–Crippen MR) is 97.5 cm³/mol. The molecular weight excluding hydrogens is 351 g/mol. The van der Waals surface area contributed by atoms with Gasteiger partial charge in [-0.1, -0.05) is 11.2 Å². The molecule has 0 radical (unpaired) electrons. The minimum Gasteiger partial charge on any atom is -0.494 e. The topological polar surface area (TPSA) is 73.6 Å². The Morgan fingerprint density at radius 1 is 1.15 bits per heavy atom. The van der Waals surface area contributed by atoms with E-state index in [1.165, 1.54) is 12.1 Å². The maximum Gasteiger partial charge on any atom is 0.278 e. The smallest absolute Gasteiger partial charge is 0.278 e. The standard InChI is InChI=1S/C20H19FN2O4/c1-3-25-16-9-7-15(8-10-16)22-20(24)19-18(13(2)27-23-19)12-26-17-6-4-5-14(21)11-17/h4-11H,3,12H2,1-2H3,(H,22,24). The SMILES string of the molecule is CCOc1ccc(NC(=O)c2noc(C)c2COc2cccc(F)c2)cc1. The maximum absolute atomic E-state index is 13.3. The van der Waals surface area contributed by atoms with E-state index in [2.05, 4.69) is 10.5 Å². The van der Waals surface area contributed by atoms with E-state index < -0.39 is 11.7 Å². The van der Waals surface area contributed by atoms with Gasteiger partial charge in [0, 0.05) is 11.8 Å². The summed E-state index contributed by atoms with van der Waals surface area (Å²) in [5.41, 5.74) is 1.22. The van der Waals surface area contributed by atoms with Crippen LogP contribution < -0.4 is 14.8 Å². The second-order valence-corrected chi connectivity index (χ2v) is 5.72. The molecule has 1 N–H and O–H groups in total. The van der Waals surface area contributed by atoms with E-state index >= 15 is 0 Å². The third kappa shape index (κ3) is 4.63. The van der Waals surface area contributed by atoms with Gasteiger partial charge in [-0.15, -0.1) is 0 Å². The Morgan fingerprint density at radius 2 is 1.93 bits per heavy atom. The Kier molecular flexibility index (Phi) is 5.71. The Bertz CT molecular complexity index is 922. The van der Waals surface area contributed by atoms with Crippen molar-refractivity contribution in [2.45, 2.75) is 20.5 Å². The second kappa shape index (κ2) is 8.35. The number of nitrogens with one attached hydrogen (secondary N) is 1. The fourth-order valence-corrected chi connectivity index (χ4v) is 2.44. The highest BCUT2D eigenvalue weighted by molar-refractivity contribution is 6.03. The van der Waals surface area contributed by atoms with Crippen LogP contribution in [0.3, 0.4) is 0 Å². The lowest BCUT2D eigenvalue weighted by atomic mass is 10.2. The number of rotatable bonds is 7. The molecule has 0 spiro atoms. The first kappa shape index (κ1) is 18.4. The summed E-state index contributed by atoms with van der Waals surface area (Å²) in [5, 5.41) is 6.58. The van der Waals surface area contributed by atoms with Crippen molar-refractivity contribution in [1.29, 1.82) is 0 Å². The average molecular weight is 370 g/mol. The molecule has 1 amide bonds. The highest BCUT2D eigenvalue weighted by Gasteiger charge is 2.20. The van der Waals surface area contributed by atoms with Crippen LogP contribution in [0, 0.1) is 12.7 Å². The molecule has 27 heavy (non-hydrogen) atoms. The van der Waals surface area contributed by atoms with Crippen molar-refractivity contribution in [1.82, 2.24) is 5.16 Å². The molecule has 3 aromatic rings. The molecule has 2 aromatic carbocycles. The molecular formula is C20H19FN2O4. The summed E-state index contributed by atoms with van der Waals surface area (Å²) in [4.78, 5) is 12.5. The highest BCUT2D eigenvalue weighted by atomic mass is 19.1. The molecule has 1 aromatic heterocycles. The van der Waals surface area contributed by atoms with Crippen molar-refractivity contribution < 1.29 is 23.2 Å². The van der Waals surface area contributed by atoms with Crippen LogP contribution in [0.1, 0.15) is 28.7 Å². The van der Waals surface area contributed by atoms with Crippen LogP contribution in [-0.4, -0.2) is 17.7 Å². The molecule has 0 atom stereocenters. The molecule has 0 bridgehead atoms. The molecule has 3 rings (SSSR count). The zero-order valence-corrected chi connectivity index (χ0v) is 15.0. The number of amides is 1. The van der Waals surface area contributed by atoms with Crippen LogP contribution in [-0.2, 0) is 6.61 Å². The first-order valence-electron chi connectivity index (χ1n) is 8.44. The van der Waals surface area contributed by atoms with Crippen molar-refractivity contribution in [3.63, 3.8) is 0 Å². The van der Waals surface area contributed by atoms with E-state index in [-0.39, 0.29) is 12.3 Å². The molecule has 0 aliphatic carbocycles. The monoisotopic (exact) mass is 370 g/mol. The van der Waals surface area contributed by atoms with Crippen molar-refractivity contribution >= 4 is 11.6 Å². The Hall–Kier alpha value is -3.35. The van der Waals surface area contributed by atoms with Gasteiger partial charge in [-0.05, 0) is 50.2 Å². The molecule has 7 heteroatoms. The summed E-state index contributed by atoms with van der Waals surface area (Å²) in [6.07, 6.45) is 0. The molecule has 0 unspecified atom stereocenters. The van der Waals surface area contributed by atoms with Crippen LogP contribution in [0.15, 0.2) is 53.1 Å². The van der Waals surface area contributed by atoms with Crippen molar-refractivity contribution in [2.75, 3.05) is 11.9 Å². The maximum atomic E-state index is 13.3. The van der Waals surface area contributed by atoms with Gasteiger partial charge >= 0.3 is 0 Å². The number of ether oxygens (including phenoxy) is 2. The number of hydrogen-bond acceptors (Lipinski definition) is 5. The number of carbonyl (C=O) groups is 1. The summed E-state index contributed by atoms with van der Waals surface area (Å²) in [6.45, 7) is 4.18. The minimum atomic E-state index is -0.422. The number of anilines is 1. The quantitative estimate of drug-likeness (QED) is 0.669. The van der Waals surface area contributed by atoms with Gasteiger partial charge in [0.1, 0.15) is 29.7 Å². The Labute approximate surface area is 155 Å². The van der Waals surface area contributed by atoms with Crippen LogP contribution >= 0.6 is 0 Å². The van der Waals surface area contributed by atoms with Gasteiger partial charge in [-0.25, -0.2) is 4.39 Å².